The molecule has 1 aromatic heterocycles. The molecule has 8 heteroatoms. The number of carbonyl (C=O) groups is 1. The molecule has 0 saturated carbocycles. The van der Waals surface area contributed by atoms with Gasteiger partial charge in [-0.3, -0.25) is 10.1 Å². The fourth-order valence-electron chi connectivity index (χ4n) is 0.929. The lowest BCUT2D eigenvalue weighted by atomic mass is 10.2. The van der Waals surface area contributed by atoms with Crippen molar-refractivity contribution in [3.63, 3.8) is 0 Å². The Balaban J connectivity index is 2.68. The van der Waals surface area contributed by atoms with Gasteiger partial charge in [-0.05, 0) is 19.4 Å². The Bertz CT molecular complexity index is 400. The van der Waals surface area contributed by atoms with Crippen LogP contribution in [0.2, 0.25) is 5.15 Å². The molecule has 1 heterocycles. The quantitative estimate of drug-likeness (QED) is 0.570. The van der Waals surface area contributed by atoms with Gasteiger partial charge in [0.1, 0.15) is 0 Å². The highest BCUT2D eigenvalue weighted by Crippen LogP contribution is 2.19. The Morgan fingerprint density at radius 1 is 1.31 bits per heavy atom. The molecule has 1 aromatic rings. The van der Waals surface area contributed by atoms with Crippen molar-refractivity contribution in [2.24, 2.45) is 0 Å². The van der Waals surface area contributed by atoms with E-state index in [1.165, 1.54) is 11.9 Å². The molecule has 0 spiro atoms. The third-order valence-corrected chi connectivity index (χ3v) is 2.70. The van der Waals surface area contributed by atoms with Crippen LogP contribution < -0.4 is 15.6 Å². The minimum atomic E-state index is -0.360. The SMILES string of the molecule is CSNC(=O)NNc1nnc(Cl)c(C)c1C. The third kappa shape index (κ3) is 3.14. The van der Waals surface area contributed by atoms with E-state index < -0.39 is 0 Å². The number of halogens is 1. The minimum absolute atomic E-state index is 0.358. The molecule has 0 atom stereocenters. The highest BCUT2D eigenvalue weighted by Gasteiger charge is 2.08. The van der Waals surface area contributed by atoms with Gasteiger partial charge in [-0.25, -0.2) is 10.2 Å². The van der Waals surface area contributed by atoms with Gasteiger partial charge in [-0.2, -0.15) is 0 Å². The summed E-state index contributed by atoms with van der Waals surface area (Å²) in [4.78, 5) is 11.1. The molecule has 6 nitrogen and oxygen atoms in total. The maximum absolute atomic E-state index is 11.1. The summed E-state index contributed by atoms with van der Waals surface area (Å²) in [6, 6.07) is -0.360. The van der Waals surface area contributed by atoms with Gasteiger partial charge in [0.2, 0.25) is 0 Å². The van der Waals surface area contributed by atoms with Crippen LogP contribution in [0.25, 0.3) is 0 Å². The van der Waals surface area contributed by atoms with Gasteiger partial charge in [0.05, 0.1) is 0 Å². The van der Waals surface area contributed by atoms with Crippen LogP contribution in [0.3, 0.4) is 0 Å². The van der Waals surface area contributed by atoms with E-state index in [4.69, 9.17) is 11.6 Å². The Morgan fingerprint density at radius 3 is 2.62 bits per heavy atom. The summed E-state index contributed by atoms with van der Waals surface area (Å²) in [5, 5.41) is 7.93. The highest BCUT2D eigenvalue weighted by molar-refractivity contribution is 7.97. The van der Waals surface area contributed by atoms with Crippen molar-refractivity contribution in [2.45, 2.75) is 13.8 Å². The predicted octanol–water partition coefficient (Wildman–Crippen LogP) is 1.65. The van der Waals surface area contributed by atoms with Gasteiger partial charge >= 0.3 is 6.03 Å². The summed E-state index contributed by atoms with van der Waals surface area (Å²) < 4.78 is 2.49. The maximum Gasteiger partial charge on any atom is 0.343 e. The van der Waals surface area contributed by atoms with E-state index in [9.17, 15) is 4.79 Å². The molecule has 0 aliphatic rings. The first-order valence-corrected chi connectivity index (χ1v) is 6.01. The highest BCUT2D eigenvalue weighted by atomic mass is 35.5. The summed E-state index contributed by atoms with van der Waals surface area (Å²) in [5.41, 5.74) is 6.74. The summed E-state index contributed by atoms with van der Waals surface area (Å²) in [5.74, 6) is 0.471. The maximum atomic E-state index is 11.1. The molecule has 0 fully saturated rings. The minimum Gasteiger partial charge on any atom is -0.281 e. The summed E-state index contributed by atoms with van der Waals surface area (Å²) >= 11 is 6.99. The van der Waals surface area contributed by atoms with Crippen molar-refractivity contribution in [3.05, 3.63) is 16.3 Å². The predicted molar refractivity (Wildman–Crippen MR) is 65.3 cm³/mol. The lowest BCUT2D eigenvalue weighted by Gasteiger charge is -2.11. The van der Waals surface area contributed by atoms with Crippen molar-refractivity contribution >= 4 is 35.4 Å². The van der Waals surface area contributed by atoms with Crippen LogP contribution in [-0.4, -0.2) is 22.5 Å². The van der Waals surface area contributed by atoms with Crippen LogP contribution in [0.5, 0.6) is 0 Å². The average Bonchev–Trinajstić information content (AvgIpc) is 2.25. The zero-order valence-electron chi connectivity index (χ0n) is 9.09. The molecule has 0 aliphatic carbocycles. The number of hydrogen-bond acceptors (Lipinski definition) is 5. The average molecular weight is 262 g/mol. The Kier molecular flexibility index (Phi) is 4.63. The molecule has 0 aliphatic heterocycles. The van der Waals surface area contributed by atoms with E-state index in [1.807, 2.05) is 13.8 Å². The first-order valence-electron chi connectivity index (χ1n) is 4.40. The van der Waals surface area contributed by atoms with Crippen molar-refractivity contribution in [2.75, 3.05) is 11.7 Å². The van der Waals surface area contributed by atoms with Gasteiger partial charge in [-0.1, -0.05) is 23.5 Å². The van der Waals surface area contributed by atoms with Crippen LogP contribution >= 0.6 is 23.5 Å². The molecular weight excluding hydrogens is 250 g/mol. The van der Waals surface area contributed by atoms with Crippen LogP contribution in [0.4, 0.5) is 10.6 Å². The van der Waals surface area contributed by atoms with Crippen molar-refractivity contribution < 1.29 is 4.79 Å². The van der Waals surface area contributed by atoms with Gasteiger partial charge < -0.3 is 0 Å². The van der Waals surface area contributed by atoms with Gasteiger partial charge in [0.25, 0.3) is 0 Å². The number of rotatable bonds is 3. The molecule has 16 heavy (non-hydrogen) atoms. The van der Waals surface area contributed by atoms with E-state index in [-0.39, 0.29) is 6.03 Å². The van der Waals surface area contributed by atoms with Crippen LogP contribution in [0.1, 0.15) is 11.1 Å². The van der Waals surface area contributed by atoms with Crippen molar-refractivity contribution in [1.29, 1.82) is 0 Å². The number of amides is 2. The molecule has 2 amide bonds. The Hall–Kier alpha value is -1.21. The Labute approximate surface area is 103 Å². The largest absolute Gasteiger partial charge is 0.343 e. The number of hydrogen-bond donors (Lipinski definition) is 3. The van der Waals surface area contributed by atoms with Crippen molar-refractivity contribution in [3.8, 4) is 0 Å². The second kappa shape index (κ2) is 5.76. The second-order valence-corrected chi connectivity index (χ2v) is 3.95. The zero-order valence-corrected chi connectivity index (χ0v) is 10.7. The normalized spacial score (nSPS) is 9.75. The zero-order chi connectivity index (χ0) is 12.1. The number of urea groups is 1. The second-order valence-electron chi connectivity index (χ2n) is 2.97. The molecule has 88 valence electrons. The Morgan fingerprint density at radius 2 is 2.00 bits per heavy atom. The third-order valence-electron chi connectivity index (χ3n) is 1.95. The van der Waals surface area contributed by atoms with E-state index in [2.05, 4.69) is 25.8 Å². The van der Waals surface area contributed by atoms with Gasteiger partial charge in [0, 0.05) is 11.8 Å². The van der Waals surface area contributed by atoms with Gasteiger partial charge in [0.15, 0.2) is 11.0 Å². The van der Waals surface area contributed by atoms with Crippen LogP contribution in [0, 0.1) is 13.8 Å². The summed E-state index contributed by atoms with van der Waals surface area (Å²) in [6.45, 7) is 3.67. The van der Waals surface area contributed by atoms with Crippen LogP contribution in [-0.2, 0) is 0 Å². The number of anilines is 1. The number of nitrogens with zero attached hydrogens (tertiary/aromatic N) is 2. The lowest BCUT2D eigenvalue weighted by molar-refractivity contribution is 0.248. The van der Waals surface area contributed by atoms with Gasteiger partial charge in [-0.15, -0.1) is 10.2 Å². The van der Waals surface area contributed by atoms with E-state index in [0.29, 0.717) is 11.0 Å². The lowest BCUT2D eigenvalue weighted by Crippen LogP contribution is -2.36. The van der Waals surface area contributed by atoms with Crippen molar-refractivity contribution in [1.82, 2.24) is 20.3 Å². The molecule has 0 aromatic carbocycles. The molecule has 0 radical (unpaired) electrons. The first-order chi connectivity index (χ1) is 7.56. The number of aromatic nitrogens is 2. The fourth-order valence-corrected chi connectivity index (χ4v) is 1.35. The topological polar surface area (TPSA) is 78.9 Å². The van der Waals surface area contributed by atoms with E-state index >= 15 is 0 Å². The molecule has 3 N–H and O–H groups in total. The number of carbonyl (C=O) groups excluding carboxylic acids is 1. The molecule has 1 rings (SSSR count). The summed E-state index contributed by atoms with van der Waals surface area (Å²) in [7, 11) is 0. The summed E-state index contributed by atoms with van der Waals surface area (Å²) in [6.07, 6.45) is 1.75. The van der Waals surface area contributed by atoms with E-state index in [1.54, 1.807) is 6.26 Å². The van der Waals surface area contributed by atoms with E-state index in [0.717, 1.165) is 11.1 Å². The smallest absolute Gasteiger partial charge is 0.281 e. The number of nitrogens with one attached hydrogen (secondary N) is 3. The van der Waals surface area contributed by atoms with Crippen LogP contribution in [0.15, 0.2) is 0 Å². The molecule has 0 bridgehead atoms. The number of hydrazine groups is 1. The monoisotopic (exact) mass is 261 g/mol. The standard InChI is InChI=1S/C8H12ClN5OS/c1-4-5(2)7(11-10-6(4)9)12-13-8(15)14-16-3/h1-3H3,(H,11,12)(H2,13,14,15). The fraction of sp³-hybridized carbons (Fsp3) is 0.375. The first kappa shape index (κ1) is 12.9. The molecular formula is C8H12ClN5OS. The molecule has 0 unspecified atom stereocenters. The molecule has 0 saturated heterocycles.